The number of nitrogens with zero attached hydrogens (tertiary/aromatic N) is 3. The van der Waals surface area contributed by atoms with Gasteiger partial charge in [0.25, 0.3) is 10.0 Å². The monoisotopic (exact) mass is 657 g/mol. The number of methoxy groups -OCH3 is 2. The van der Waals surface area contributed by atoms with Gasteiger partial charge in [0.1, 0.15) is 34.6 Å². The molecule has 11 nitrogen and oxygen atoms in total. The number of sulfonamides is 1. The van der Waals surface area contributed by atoms with Gasteiger partial charge >= 0.3 is 6.09 Å². The lowest BCUT2D eigenvalue weighted by Crippen LogP contribution is -2.32. The molecule has 0 aliphatic rings. The largest absolute Gasteiger partial charge is 0.497 e. The lowest BCUT2D eigenvalue weighted by Gasteiger charge is -2.25. The van der Waals surface area contributed by atoms with Crippen LogP contribution in [0, 0.1) is 5.82 Å². The molecular formula is C31H33ClFN5O6S. The minimum Gasteiger partial charge on any atom is -0.497 e. The van der Waals surface area contributed by atoms with E-state index < -0.39 is 26.8 Å². The average Bonchev–Trinajstić information content (AvgIpc) is 3.05. The Morgan fingerprint density at radius 2 is 1.76 bits per heavy atom. The molecule has 0 unspecified atom stereocenters. The summed E-state index contributed by atoms with van der Waals surface area (Å²) in [6.07, 6.45) is 0.898. The average molecular weight is 658 g/mol. The first kappa shape index (κ1) is 33.1. The first-order valence-electron chi connectivity index (χ1n) is 13.6. The number of hydrogen-bond acceptors (Lipinski definition) is 9. The molecular weight excluding hydrogens is 625 g/mol. The molecule has 45 heavy (non-hydrogen) atoms. The van der Waals surface area contributed by atoms with Crippen LogP contribution < -0.4 is 29.3 Å². The van der Waals surface area contributed by atoms with Crippen LogP contribution in [0.15, 0.2) is 83.9 Å². The molecule has 0 bridgehead atoms. The van der Waals surface area contributed by atoms with E-state index in [1.165, 1.54) is 33.5 Å². The molecule has 14 heteroatoms. The number of amides is 1. The molecule has 0 atom stereocenters. The molecule has 0 saturated carbocycles. The minimum atomic E-state index is -4.53. The Morgan fingerprint density at radius 3 is 2.44 bits per heavy atom. The summed E-state index contributed by atoms with van der Waals surface area (Å²) in [5.41, 5.74) is 1.93. The smallest absolute Gasteiger partial charge is 0.406 e. The van der Waals surface area contributed by atoms with Gasteiger partial charge in [-0.05, 0) is 42.5 Å². The van der Waals surface area contributed by atoms with Crippen molar-refractivity contribution in [2.75, 3.05) is 56.0 Å². The lowest BCUT2D eigenvalue weighted by molar-refractivity contribution is 0.151. The first-order valence-corrected chi connectivity index (χ1v) is 15.5. The van der Waals surface area contributed by atoms with Crippen LogP contribution in [-0.2, 0) is 21.3 Å². The van der Waals surface area contributed by atoms with Crippen LogP contribution in [-0.4, -0.2) is 61.0 Å². The van der Waals surface area contributed by atoms with Crippen LogP contribution >= 0.6 is 11.6 Å². The summed E-state index contributed by atoms with van der Waals surface area (Å²) in [5.74, 6) is -0.0408. The maximum absolute atomic E-state index is 15.8. The highest BCUT2D eigenvalue weighted by molar-refractivity contribution is 7.92. The van der Waals surface area contributed by atoms with Crippen molar-refractivity contribution in [3.8, 4) is 11.5 Å². The number of nitrogens with one attached hydrogen (secondary N) is 2. The second-order valence-corrected chi connectivity index (χ2v) is 11.8. The van der Waals surface area contributed by atoms with Gasteiger partial charge in [-0.25, -0.2) is 26.9 Å². The van der Waals surface area contributed by atoms with Crippen LogP contribution in [0.25, 0.3) is 0 Å². The van der Waals surface area contributed by atoms with Crippen molar-refractivity contribution in [3.05, 3.63) is 95.4 Å². The van der Waals surface area contributed by atoms with Crippen molar-refractivity contribution in [1.82, 2.24) is 10.3 Å². The summed E-state index contributed by atoms with van der Waals surface area (Å²) in [6.45, 7) is 0.280. The molecule has 1 heterocycles. The summed E-state index contributed by atoms with van der Waals surface area (Å²) >= 11 is 6.58. The van der Waals surface area contributed by atoms with Gasteiger partial charge in [-0.15, -0.1) is 0 Å². The standard InChI is InChI=1S/C31H33ClFN5O6S/c1-34-31(39)44-16-15-37(2)27-10-6-5-9-25(27)36-26-19-24(33)29(18-23(26)32)45(40,41)38(30-11-7-8-14-35-30)20-21-12-13-22(42-3)17-28(21)43-4/h5-14,17-19,36H,15-16,20H2,1-4H3,(H,34,39). The predicted octanol–water partition coefficient (Wildman–Crippen LogP) is 5.82. The van der Waals surface area contributed by atoms with Crippen LogP contribution in [0.1, 0.15) is 5.56 Å². The van der Waals surface area contributed by atoms with Gasteiger partial charge in [0.15, 0.2) is 0 Å². The van der Waals surface area contributed by atoms with Crippen molar-refractivity contribution < 1.29 is 31.8 Å². The molecule has 0 saturated heterocycles. The second kappa shape index (κ2) is 14.8. The highest BCUT2D eigenvalue weighted by Crippen LogP contribution is 2.36. The van der Waals surface area contributed by atoms with Gasteiger partial charge in [-0.1, -0.05) is 29.8 Å². The van der Waals surface area contributed by atoms with Gasteiger partial charge in [0.05, 0.1) is 49.4 Å². The van der Waals surface area contributed by atoms with Gasteiger partial charge in [-0.3, -0.25) is 0 Å². The molecule has 2 N–H and O–H groups in total. The van der Waals surface area contributed by atoms with Crippen LogP contribution in [0.2, 0.25) is 5.02 Å². The third-order valence-electron chi connectivity index (χ3n) is 6.75. The van der Waals surface area contributed by atoms with E-state index >= 15 is 4.39 Å². The number of alkyl carbamates (subject to hydrolysis) is 1. The fourth-order valence-electron chi connectivity index (χ4n) is 4.39. The van der Waals surface area contributed by atoms with Crippen molar-refractivity contribution in [2.45, 2.75) is 11.4 Å². The molecule has 3 aromatic carbocycles. The van der Waals surface area contributed by atoms with E-state index in [0.717, 1.165) is 16.4 Å². The lowest BCUT2D eigenvalue weighted by atomic mass is 10.2. The minimum absolute atomic E-state index is 0.0293. The number of para-hydroxylation sites is 2. The van der Waals surface area contributed by atoms with E-state index in [0.29, 0.717) is 35.0 Å². The third-order valence-corrected chi connectivity index (χ3v) is 8.83. The van der Waals surface area contributed by atoms with E-state index in [4.69, 9.17) is 25.8 Å². The van der Waals surface area contributed by atoms with Crippen LogP contribution in [0.3, 0.4) is 0 Å². The summed E-state index contributed by atoms with van der Waals surface area (Å²) < 4.78 is 60.7. The molecule has 0 radical (unpaired) electrons. The number of aromatic nitrogens is 1. The molecule has 1 aromatic heterocycles. The molecule has 4 rings (SSSR count). The van der Waals surface area contributed by atoms with E-state index in [1.807, 2.05) is 17.0 Å². The van der Waals surface area contributed by atoms with Crippen molar-refractivity contribution in [2.24, 2.45) is 0 Å². The van der Waals surface area contributed by atoms with Crippen molar-refractivity contribution in [3.63, 3.8) is 0 Å². The highest BCUT2D eigenvalue weighted by atomic mass is 35.5. The zero-order valence-corrected chi connectivity index (χ0v) is 26.7. The maximum atomic E-state index is 15.8. The number of ether oxygens (including phenoxy) is 3. The molecule has 0 aliphatic carbocycles. The van der Waals surface area contributed by atoms with Gasteiger partial charge in [-0.2, -0.15) is 0 Å². The van der Waals surface area contributed by atoms with E-state index in [2.05, 4.69) is 15.6 Å². The number of halogens is 2. The number of rotatable bonds is 13. The van der Waals surface area contributed by atoms with E-state index in [-0.39, 0.29) is 29.7 Å². The summed E-state index contributed by atoms with van der Waals surface area (Å²) in [7, 11) is 1.70. The molecule has 238 valence electrons. The SMILES string of the molecule is CNC(=O)OCCN(C)c1ccccc1Nc1cc(F)c(S(=O)(=O)N(Cc2ccc(OC)cc2OC)c2ccccn2)cc1Cl. The number of pyridine rings is 1. The van der Waals surface area contributed by atoms with Crippen LogP contribution in [0.5, 0.6) is 11.5 Å². The van der Waals surface area contributed by atoms with Gasteiger partial charge in [0, 0.05) is 38.0 Å². The predicted molar refractivity (Wildman–Crippen MR) is 172 cm³/mol. The molecule has 4 aromatic rings. The van der Waals surface area contributed by atoms with Crippen molar-refractivity contribution in [1.29, 1.82) is 0 Å². The van der Waals surface area contributed by atoms with Crippen LogP contribution in [0.4, 0.5) is 32.1 Å². The number of anilines is 4. The molecule has 0 fully saturated rings. The number of hydrogen-bond donors (Lipinski definition) is 2. The number of carbonyl (C=O) groups excluding carboxylic acids is 1. The normalized spacial score (nSPS) is 11.0. The second-order valence-electron chi connectivity index (χ2n) is 9.59. The maximum Gasteiger partial charge on any atom is 0.406 e. The van der Waals surface area contributed by atoms with Gasteiger partial charge < -0.3 is 29.7 Å². The Hall–Kier alpha value is -4.75. The quantitative estimate of drug-likeness (QED) is 0.183. The fraction of sp³-hybridized carbons (Fsp3) is 0.226. The number of likely N-dealkylation sites (N-methyl/N-ethyl adjacent to an activating group) is 1. The highest BCUT2D eigenvalue weighted by Gasteiger charge is 2.31. The summed E-state index contributed by atoms with van der Waals surface area (Å²) in [6, 6.07) is 19.0. The topological polar surface area (TPSA) is 122 Å². The van der Waals surface area contributed by atoms with E-state index in [1.54, 1.807) is 49.5 Å². The number of benzene rings is 3. The fourth-order valence-corrected chi connectivity index (χ4v) is 6.14. The first-order chi connectivity index (χ1) is 21.6. The Labute approximate surface area is 266 Å². The van der Waals surface area contributed by atoms with Gasteiger partial charge in [0.2, 0.25) is 0 Å². The molecule has 0 spiro atoms. The zero-order chi connectivity index (χ0) is 32.6. The molecule has 0 aliphatic heterocycles. The Bertz CT molecular complexity index is 1750. The molecule has 1 amide bonds. The number of carbonyl (C=O) groups is 1. The summed E-state index contributed by atoms with van der Waals surface area (Å²) in [5, 5.41) is 5.45. The Kier molecular flexibility index (Phi) is 10.9. The Balaban J connectivity index is 1.66. The summed E-state index contributed by atoms with van der Waals surface area (Å²) in [4.78, 5) is 16.8. The Morgan fingerprint density at radius 1 is 1.00 bits per heavy atom. The van der Waals surface area contributed by atoms with E-state index in [9.17, 15) is 13.2 Å². The third kappa shape index (κ3) is 7.86. The zero-order valence-electron chi connectivity index (χ0n) is 25.1. The van der Waals surface area contributed by atoms with Crippen molar-refractivity contribution >= 4 is 50.6 Å².